The van der Waals surface area contributed by atoms with Crippen LogP contribution in [0.4, 0.5) is 0 Å². The Kier molecular flexibility index (Phi) is 12.1. The summed E-state index contributed by atoms with van der Waals surface area (Å²) in [6, 6.07) is 31.4. The van der Waals surface area contributed by atoms with E-state index in [-0.39, 0.29) is 12.2 Å². The standard InChI is InChI=1S/C38H42O8/c1-39-31-13-5-27(6-14-31)23-43-35-21-22-36(44-24-28-7-15-32(40-2)16-8-28)38(46-26-30-11-19-34(42-4)20-12-30)37(35)45-25-29-9-17-33(41-3)18-10-29/h5-22,35-38H,23-26H2,1-4H3/t35-,36-,37+,38+/m0/s1. The lowest BCUT2D eigenvalue weighted by Gasteiger charge is -2.39. The molecule has 5 rings (SSSR count). The van der Waals surface area contributed by atoms with Crippen molar-refractivity contribution in [3.63, 3.8) is 0 Å². The molecule has 4 aromatic carbocycles. The van der Waals surface area contributed by atoms with E-state index in [1.54, 1.807) is 28.4 Å². The van der Waals surface area contributed by atoms with Gasteiger partial charge >= 0.3 is 0 Å². The van der Waals surface area contributed by atoms with Crippen LogP contribution in [0.15, 0.2) is 109 Å². The number of hydrogen-bond donors (Lipinski definition) is 0. The SMILES string of the molecule is COc1ccc(CO[C@H]2[C@H](OCc3ccc(OC)cc3)[C@@H](OCc3ccc(OC)cc3)C=C[C@@H]2OCc2ccc(OC)cc2)cc1. The zero-order valence-corrected chi connectivity index (χ0v) is 26.8. The van der Waals surface area contributed by atoms with Crippen molar-refractivity contribution in [3.05, 3.63) is 131 Å². The third kappa shape index (κ3) is 9.11. The smallest absolute Gasteiger partial charge is 0.118 e. The summed E-state index contributed by atoms with van der Waals surface area (Å²) in [5, 5.41) is 0. The number of ether oxygens (including phenoxy) is 8. The van der Waals surface area contributed by atoms with Gasteiger partial charge in [-0.25, -0.2) is 0 Å². The minimum Gasteiger partial charge on any atom is -0.497 e. The molecule has 4 atom stereocenters. The molecule has 0 bridgehead atoms. The number of methoxy groups -OCH3 is 4. The van der Waals surface area contributed by atoms with Gasteiger partial charge in [0.05, 0.1) is 54.9 Å². The molecule has 4 aromatic rings. The summed E-state index contributed by atoms with van der Waals surface area (Å²) in [6.07, 6.45) is 2.33. The van der Waals surface area contributed by atoms with Crippen LogP contribution in [0, 0.1) is 0 Å². The Hall–Kier alpha value is -4.34. The molecule has 0 heterocycles. The molecule has 0 unspecified atom stereocenters. The highest BCUT2D eigenvalue weighted by atomic mass is 16.6. The van der Waals surface area contributed by atoms with Crippen molar-refractivity contribution in [2.75, 3.05) is 28.4 Å². The van der Waals surface area contributed by atoms with Crippen molar-refractivity contribution >= 4 is 0 Å². The van der Waals surface area contributed by atoms with E-state index in [0.29, 0.717) is 26.4 Å². The Bertz CT molecular complexity index is 1370. The molecule has 0 amide bonds. The molecule has 0 aromatic heterocycles. The third-order valence-electron chi connectivity index (χ3n) is 7.87. The van der Waals surface area contributed by atoms with Crippen LogP contribution in [0.3, 0.4) is 0 Å². The van der Waals surface area contributed by atoms with Crippen LogP contribution in [0.1, 0.15) is 22.3 Å². The maximum absolute atomic E-state index is 6.65. The van der Waals surface area contributed by atoms with Crippen molar-refractivity contribution in [2.24, 2.45) is 0 Å². The summed E-state index contributed by atoms with van der Waals surface area (Å²) in [5.41, 5.74) is 4.07. The second kappa shape index (κ2) is 16.8. The Morgan fingerprint density at radius 3 is 0.826 bits per heavy atom. The van der Waals surface area contributed by atoms with Gasteiger partial charge in [0, 0.05) is 0 Å². The molecule has 0 aliphatic heterocycles. The fraction of sp³-hybridized carbons (Fsp3) is 0.316. The lowest BCUT2D eigenvalue weighted by Crippen LogP contribution is -2.51. The summed E-state index contributed by atoms with van der Waals surface area (Å²) in [6.45, 7) is 1.50. The van der Waals surface area contributed by atoms with E-state index < -0.39 is 12.2 Å². The molecule has 0 fully saturated rings. The van der Waals surface area contributed by atoms with Gasteiger partial charge in [-0.15, -0.1) is 0 Å². The molecular weight excluding hydrogens is 584 g/mol. The summed E-state index contributed by atoms with van der Waals surface area (Å²) in [4.78, 5) is 0. The van der Waals surface area contributed by atoms with Gasteiger partial charge < -0.3 is 37.9 Å². The van der Waals surface area contributed by atoms with Crippen molar-refractivity contribution in [3.8, 4) is 23.0 Å². The van der Waals surface area contributed by atoms with Crippen LogP contribution in [0.2, 0.25) is 0 Å². The van der Waals surface area contributed by atoms with E-state index >= 15 is 0 Å². The Balaban J connectivity index is 1.38. The molecule has 0 N–H and O–H groups in total. The largest absolute Gasteiger partial charge is 0.497 e. The molecule has 0 spiro atoms. The van der Waals surface area contributed by atoms with E-state index in [0.717, 1.165) is 45.3 Å². The normalized spacial score (nSPS) is 19.0. The first-order valence-corrected chi connectivity index (χ1v) is 15.2. The second-order valence-corrected chi connectivity index (χ2v) is 10.9. The Labute approximate surface area is 271 Å². The third-order valence-corrected chi connectivity index (χ3v) is 7.87. The molecule has 0 saturated heterocycles. The molecule has 0 saturated carbocycles. The van der Waals surface area contributed by atoms with Gasteiger partial charge in [0.15, 0.2) is 0 Å². The van der Waals surface area contributed by atoms with Crippen LogP contribution in [0.5, 0.6) is 23.0 Å². The van der Waals surface area contributed by atoms with Crippen LogP contribution in [-0.2, 0) is 45.4 Å². The molecule has 8 nitrogen and oxygen atoms in total. The van der Waals surface area contributed by atoms with Gasteiger partial charge in [-0.3, -0.25) is 0 Å². The summed E-state index contributed by atoms with van der Waals surface area (Å²) in [7, 11) is 6.62. The van der Waals surface area contributed by atoms with Crippen molar-refractivity contribution in [1.29, 1.82) is 0 Å². The molecule has 0 radical (unpaired) electrons. The topological polar surface area (TPSA) is 73.8 Å². The van der Waals surface area contributed by atoms with Gasteiger partial charge in [-0.1, -0.05) is 60.7 Å². The number of benzene rings is 4. The van der Waals surface area contributed by atoms with E-state index in [4.69, 9.17) is 37.9 Å². The molecule has 46 heavy (non-hydrogen) atoms. The molecular formula is C38H42O8. The van der Waals surface area contributed by atoms with Crippen LogP contribution in [0.25, 0.3) is 0 Å². The average Bonchev–Trinajstić information content (AvgIpc) is 3.12. The van der Waals surface area contributed by atoms with Gasteiger partial charge in [0.2, 0.25) is 0 Å². The first-order chi connectivity index (χ1) is 22.6. The summed E-state index contributed by atoms with van der Waals surface area (Å²) in [5.74, 6) is 3.17. The summed E-state index contributed by atoms with van der Waals surface area (Å²) < 4.78 is 47.6. The molecule has 1 aliphatic rings. The predicted octanol–water partition coefficient (Wildman–Crippen LogP) is 6.93. The van der Waals surface area contributed by atoms with Crippen LogP contribution >= 0.6 is 0 Å². The predicted molar refractivity (Wildman–Crippen MR) is 175 cm³/mol. The number of hydrogen-bond acceptors (Lipinski definition) is 8. The summed E-state index contributed by atoms with van der Waals surface area (Å²) >= 11 is 0. The van der Waals surface area contributed by atoms with Crippen LogP contribution in [-0.4, -0.2) is 52.9 Å². The van der Waals surface area contributed by atoms with Crippen molar-refractivity contribution < 1.29 is 37.9 Å². The highest BCUT2D eigenvalue weighted by molar-refractivity contribution is 5.29. The lowest BCUT2D eigenvalue weighted by atomic mass is 9.95. The monoisotopic (exact) mass is 626 g/mol. The second-order valence-electron chi connectivity index (χ2n) is 10.9. The fourth-order valence-electron chi connectivity index (χ4n) is 5.15. The highest BCUT2D eigenvalue weighted by Crippen LogP contribution is 2.29. The van der Waals surface area contributed by atoms with Gasteiger partial charge in [0.1, 0.15) is 47.4 Å². The van der Waals surface area contributed by atoms with Crippen molar-refractivity contribution in [2.45, 2.75) is 50.8 Å². The van der Waals surface area contributed by atoms with E-state index in [2.05, 4.69) is 0 Å². The minimum absolute atomic E-state index is 0.360. The average molecular weight is 627 g/mol. The molecule has 242 valence electrons. The van der Waals surface area contributed by atoms with Crippen LogP contribution < -0.4 is 18.9 Å². The first kappa shape index (κ1) is 33.0. The minimum atomic E-state index is -0.468. The molecule has 8 heteroatoms. The zero-order valence-electron chi connectivity index (χ0n) is 26.8. The Morgan fingerprint density at radius 1 is 0.348 bits per heavy atom. The maximum Gasteiger partial charge on any atom is 0.118 e. The first-order valence-electron chi connectivity index (χ1n) is 15.2. The van der Waals surface area contributed by atoms with E-state index in [1.807, 2.05) is 109 Å². The van der Waals surface area contributed by atoms with Gasteiger partial charge in [-0.05, 0) is 70.8 Å². The molecule has 1 aliphatic carbocycles. The lowest BCUT2D eigenvalue weighted by molar-refractivity contribution is -0.178. The van der Waals surface area contributed by atoms with E-state index in [1.165, 1.54) is 0 Å². The number of rotatable bonds is 16. The van der Waals surface area contributed by atoms with Gasteiger partial charge in [-0.2, -0.15) is 0 Å². The van der Waals surface area contributed by atoms with E-state index in [9.17, 15) is 0 Å². The fourth-order valence-corrected chi connectivity index (χ4v) is 5.15. The highest BCUT2D eigenvalue weighted by Gasteiger charge is 2.40. The maximum atomic E-state index is 6.65. The Morgan fingerprint density at radius 2 is 0.587 bits per heavy atom. The van der Waals surface area contributed by atoms with Crippen molar-refractivity contribution in [1.82, 2.24) is 0 Å². The zero-order chi connectivity index (χ0) is 32.1. The quantitative estimate of drug-likeness (QED) is 0.124. The van der Waals surface area contributed by atoms with Gasteiger partial charge in [0.25, 0.3) is 0 Å².